The van der Waals surface area contributed by atoms with Gasteiger partial charge in [0.05, 0.1) is 18.3 Å². The van der Waals surface area contributed by atoms with Crippen molar-refractivity contribution in [2.75, 3.05) is 26.2 Å². The fourth-order valence-electron chi connectivity index (χ4n) is 9.31. The van der Waals surface area contributed by atoms with Gasteiger partial charge in [-0.3, -0.25) is 0 Å². The smallest absolute Gasteiger partial charge is 0.102 e. The molecule has 0 bridgehead atoms. The Kier molecular flexibility index (Phi) is 5.85. The van der Waals surface area contributed by atoms with Crippen molar-refractivity contribution in [2.24, 2.45) is 22.7 Å². The first-order valence-corrected chi connectivity index (χ1v) is 14.8. The molecule has 4 fully saturated rings. The maximum Gasteiger partial charge on any atom is 0.102 e. The van der Waals surface area contributed by atoms with E-state index in [1.807, 2.05) is 0 Å². The van der Waals surface area contributed by atoms with Gasteiger partial charge >= 0.3 is 0 Å². The minimum absolute atomic E-state index is 0.128. The molecule has 6 rings (SSSR count). The molecule has 3 saturated carbocycles. The zero-order chi connectivity index (χ0) is 23.6. The van der Waals surface area contributed by atoms with Crippen LogP contribution in [0.5, 0.6) is 0 Å². The number of hydrogen-bond donors (Lipinski definition) is 2. The molecule has 4 aliphatic carbocycles. The first-order chi connectivity index (χ1) is 16.3. The molecule has 1 saturated heterocycles. The third-order valence-electron chi connectivity index (χ3n) is 11.3. The molecule has 7 atom stereocenters. The van der Waals surface area contributed by atoms with Crippen molar-refractivity contribution >= 4 is 11.3 Å². The Labute approximate surface area is 209 Å². The Morgan fingerprint density at radius 3 is 2.65 bits per heavy atom. The van der Waals surface area contributed by atoms with Crippen LogP contribution in [-0.4, -0.2) is 53.1 Å². The highest BCUT2D eigenvalue weighted by Crippen LogP contribution is 2.72. The molecule has 34 heavy (non-hydrogen) atoms. The van der Waals surface area contributed by atoms with Crippen LogP contribution < -0.4 is 0 Å². The molecule has 0 spiro atoms. The van der Waals surface area contributed by atoms with Crippen molar-refractivity contribution in [1.29, 1.82) is 0 Å². The minimum Gasteiger partial charge on any atom is -0.389 e. The Morgan fingerprint density at radius 2 is 1.88 bits per heavy atom. The van der Waals surface area contributed by atoms with Gasteiger partial charge in [0.1, 0.15) is 5.60 Å². The molecule has 1 aromatic rings. The number of aliphatic hydroxyl groups excluding tert-OH is 1. The first-order valence-electron chi connectivity index (χ1n) is 13.8. The summed E-state index contributed by atoms with van der Waals surface area (Å²) in [5.41, 5.74) is 1.51. The van der Waals surface area contributed by atoms with Crippen LogP contribution in [0.4, 0.5) is 0 Å². The zero-order valence-electron chi connectivity index (χ0n) is 21.1. The third-order valence-corrected chi connectivity index (χ3v) is 12.0. The van der Waals surface area contributed by atoms with Crippen LogP contribution in [0.15, 0.2) is 28.5 Å². The van der Waals surface area contributed by atoms with Gasteiger partial charge in [-0.15, -0.1) is 0 Å². The molecule has 0 amide bonds. The van der Waals surface area contributed by atoms with Gasteiger partial charge in [-0.1, -0.05) is 25.5 Å². The van der Waals surface area contributed by atoms with Crippen molar-refractivity contribution in [1.82, 2.24) is 4.90 Å². The summed E-state index contributed by atoms with van der Waals surface area (Å²) < 4.78 is 7.02. The van der Waals surface area contributed by atoms with E-state index in [1.54, 1.807) is 11.3 Å². The topological polar surface area (TPSA) is 52.9 Å². The number of allylic oxidation sites excluding steroid dienone is 1. The van der Waals surface area contributed by atoms with Crippen LogP contribution in [0.25, 0.3) is 0 Å². The second kappa shape index (κ2) is 8.41. The molecule has 5 heteroatoms. The van der Waals surface area contributed by atoms with E-state index in [0.29, 0.717) is 11.8 Å². The number of ether oxygens (including phenoxy) is 1. The summed E-state index contributed by atoms with van der Waals surface area (Å²) in [6.07, 6.45) is 12.4. The van der Waals surface area contributed by atoms with Crippen LogP contribution in [0.1, 0.15) is 83.6 Å². The van der Waals surface area contributed by atoms with E-state index >= 15 is 0 Å². The first kappa shape index (κ1) is 23.7. The van der Waals surface area contributed by atoms with Gasteiger partial charge < -0.3 is 19.8 Å². The molecule has 0 aromatic carbocycles. The van der Waals surface area contributed by atoms with Gasteiger partial charge in [0, 0.05) is 12.0 Å². The lowest BCUT2D eigenvalue weighted by Crippen LogP contribution is -2.64. The van der Waals surface area contributed by atoms with Crippen LogP contribution in [0.3, 0.4) is 0 Å². The average Bonchev–Trinajstić information content (AvgIpc) is 3.57. The lowest BCUT2D eigenvalue weighted by atomic mass is 9.44. The van der Waals surface area contributed by atoms with Gasteiger partial charge in [0.25, 0.3) is 0 Å². The van der Waals surface area contributed by atoms with E-state index < -0.39 is 11.2 Å². The summed E-state index contributed by atoms with van der Waals surface area (Å²) in [5, 5.41) is 27.5. The third kappa shape index (κ3) is 3.23. The number of hydrogen-bond acceptors (Lipinski definition) is 5. The van der Waals surface area contributed by atoms with E-state index in [4.69, 9.17) is 4.74 Å². The summed E-state index contributed by atoms with van der Waals surface area (Å²) in [6.45, 7) is 8.94. The van der Waals surface area contributed by atoms with Crippen LogP contribution >= 0.6 is 11.3 Å². The Balaban J connectivity index is 1.32. The van der Waals surface area contributed by atoms with Crippen molar-refractivity contribution in [2.45, 2.75) is 95.4 Å². The van der Waals surface area contributed by atoms with E-state index in [9.17, 15) is 10.2 Å². The molecular formula is C29H43NO3S. The molecular weight excluding hydrogens is 442 g/mol. The van der Waals surface area contributed by atoms with Gasteiger partial charge in [0.2, 0.25) is 0 Å². The SMILES string of the molecule is C[C@]12CCC(O)C=C1CC[C@@H]1[C@H]2CC[C@]2(C)C(OCCN3CCCC3)(c3ccsc3)CC[C@@]12O. The fourth-order valence-corrected chi connectivity index (χ4v) is 10.0. The van der Waals surface area contributed by atoms with Gasteiger partial charge in [-0.05, 0) is 117 Å². The largest absolute Gasteiger partial charge is 0.389 e. The van der Waals surface area contributed by atoms with Crippen molar-refractivity contribution in [3.05, 3.63) is 34.0 Å². The van der Waals surface area contributed by atoms with E-state index in [2.05, 4.69) is 41.6 Å². The normalized spacial score (nSPS) is 46.6. The van der Waals surface area contributed by atoms with E-state index in [1.165, 1.54) is 37.1 Å². The number of likely N-dealkylation sites (tertiary alicyclic amines) is 1. The Hall–Kier alpha value is -0.720. The molecule has 1 aromatic heterocycles. The average molecular weight is 486 g/mol. The maximum atomic E-state index is 12.7. The van der Waals surface area contributed by atoms with Crippen LogP contribution in [0, 0.1) is 22.7 Å². The predicted molar refractivity (Wildman–Crippen MR) is 137 cm³/mol. The Morgan fingerprint density at radius 1 is 1.06 bits per heavy atom. The van der Waals surface area contributed by atoms with Crippen LogP contribution in [-0.2, 0) is 10.3 Å². The maximum absolute atomic E-state index is 12.7. The van der Waals surface area contributed by atoms with Crippen molar-refractivity contribution < 1.29 is 14.9 Å². The van der Waals surface area contributed by atoms with E-state index in [-0.39, 0.29) is 16.9 Å². The number of aliphatic hydroxyl groups is 2. The lowest BCUT2D eigenvalue weighted by molar-refractivity contribution is -0.235. The predicted octanol–water partition coefficient (Wildman–Crippen LogP) is 5.49. The standard InChI is InChI=1S/C29H43NO3S/c1-26-10-7-23(31)19-21(26)5-6-25-24(26)8-11-27(2)28(25,32)12-13-29(27,22-9-18-34-20-22)33-17-16-30-14-3-4-15-30/h9,18-20,23-25,31-32H,3-8,10-17H2,1-2H3/t23?,24-,25-,26+,27+,28-,29?/m1/s1. The number of rotatable bonds is 5. The van der Waals surface area contributed by atoms with Gasteiger partial charge in [0.15, 0.2) is 0 Å². The highest BCUT2D eigenvalue weighted by Gasteiger charge is 2.72. The monoisotopic (exact) mass is 485 g/mol. The van der Waals surface area contributed by atoms with Crippen molar-refractivity contribution in [3.63, 3.8) is 0 Å². The second-order valence-corrected chi connectivity index (χ2v) is 13.3. The minimum atomic E-state index is -0.698. The van der Waals surface area contributed by atoms with Gasteiger partial charge in [-0.2, -0.15) is 11.3 Å². The second-order valence-electron chi connectivity index (χ2n) is 12.5. The molecule has 4 nitrogen and oxygen atoms in total. The van der Waals surface area contributed by atoms with Gasteiger partial charge in [-0.25, -0.2) is 0 Å². The summed E-state index contributed by atoms with van der Waals surface area (Å²) in [7, 11) is 0. The summed E-state index contributed by atoms with van der Waals surface area (Å²) >= 11 is 1.75. The highest BCUT2D eigenvalue weighted by atomic mass is 32.1. The fraction of sp³-hybridized carbons (Fsp3) is 0.793. The summed E-state index contributed by atoms with van der Waals surface area (Å²) in [5.74, 6) is 0.812. The summed E-state index contributed by atoms with van der Waals surface area (Å²) in [4.78, 5) is 2.54. The zero-order valence-corrected chi connectivity index (χ0v) is 21.9. The van der Waals surface area contributed by atoms with Crippen molar-refractivity contribution in [3.8, 4) is 0 Å². The lowest BCUT2D eigenvalue weighted by Gasteiger charge is -2.63. The molecule has 5 aliphatic rings. The molecule has 2 N–H and O–H groups in total. The molecule has 0 radical (unpaired) electrons. The number of thiophene rings is 1. The Bertz CT molecular complexity index is 926. The van der Waals surface area contributed by atoms with Crippen LogP contribution in [0.2, 0.25) is 0 Å². The molecule has 2 heterocycles. The number of fused-ring (bicyclic) bond motifs is 5. The highest BCUT2D eigenvalue weighted by molar-refractivity contribution is 7.08. The molecule has 2 unspecified atom stereocenters. The molecule has 188 valence electrons. The molecule has 1 aliphatic heterocycles. The van der Waals surface area contributed by atoms with E-state index in [0.717, 1.165) is 64.5 Å². The summed E-state index contributed by atoms with van der Waals surface area (Å²) in [6, 6.07) is 2.26. The quantitative estimate of drug-likeness (QED) is 0.541. The number of nitrogens with zero attached hydrogens (tertiary/aromatic N) is 1.